The van der Waals surface area contributed by atoms with Crippen LogP contribution in [0.3, 0.4) is 0 Å². The van der Waals surface area contributed by atoms with E-state index >= 15 is 0 Å². The van der Waals surface area contributed by atoms with Gasteiger partial charge in [-0.2, -0.15) is 5.26 Å². The van der Waals surface area contributed by atoms with Gasteiger partial charge < -0.3 is 4.74 Å². The molecule has 9 heteroatoms. The highest BCUT2D eigenvalue weighted by Gasteiger charge is 2.27. The van der Waals surface area contributed by atoms with Gasteiger partial charge in [-0.1, -0.05) is 0 Å². The van der Waals surface area contributed by atoms with Gasteiger partial charge in [0.2, 0.25) is 10.0 Å². The van der Waals surface area contributed by atoms with Gasteiger partial charge >= 0.3 is 0 Å². The highest BCUT2D eigenvalue weighted by Crippen LogP contribution is 2.34. The number of nitrogens with two attached hydrogens (primary N) is 1. The van der Waals surface area contributed by atoms with Crippen LogP contribution in [0.25, 0.3) is 0 Å². The van der Waals surface area contributed by atoms with Gasteiger partial charge in [-0.3, -0.25) is 0 Å². The third-order valence-corrected chi connectivity index (χ3v) is 2.79. The first-order chi connectivity index (χ1) is 7.82. The Balaban J connectivity index is 3.75. The largest absolute Gasteiger partial charge is 0.495 e. The number of nitriles is 1. The molecule has 1 rings (SSSR count). The molecule has 0 fully saturated rings. The van der Waals surface area contributed by atoms with Crippen LogP contribution in [-0.2, 0) is 10.0 Å². The zero-order valence-corrected chi connectivity index (χ0v) is 9.33. The molecule has 0 saturated heterocycles. The second kappa shape index (κ2) is 4.60. The molecule has 1 aromatic rings. The van der Waals surface area contributed by atoms with Crippen LogP contribution in [0.2, 0.25) is 0 Å². The van der Waals surface area contributed by atoms with E-state index in [1.165, 1.54) is 6.07 Å². The lowest BCUT2D eigenvalue weighted by Gasteiger charge is -2.11. The molecule has 92 valence electrons. The average molecular weight is 263 g/mol. The number of aromatic nitrogens is 1. The molecule has 0 bridgehead atoms. The molecule has 0 aliphatic carbocycles. The summed E-state index contributed by atoms with van der Waals surface area (Å²) >= 11 is 0. The fraction of sp³-hybridized carbons (Fsp3) is 0.250. The lowest BCUT2D eigenvalue weighted by atomic mass is 10.2. The van der Waals surface area contributed by atoms with E-state index in [2.05, 4.69) is 9.72 Å². The molecule has 0 aliphatic rings. The number of hydrogen-bond donors (Lipinski definition) is 1. The van der Waals surface area contributed by atoms with Crippen molar-refractivity contribution in [2.75, 3.05) is 7.11 Å². The molecule has 0 spiro atoms. The SMILES string of the molecule is COc1c(C(F)F)cnc(C#N)c1S(N)(=O)=O. The fourth-order valence-electron chi connectivity index (χ4n) is 1.20. The first kappa shape index (κ1) is 13.3. The topological polar surface area (TPSA) is 106 Å². The van der Waals surface area contributed by atoms with Crippen molar-refractivity contribution in [1.29, 1.82) is 5.26 Å². The molecule has 0 unspecified atom stereocenters. The van der Waals surface area contributed by atoms with Crippen molar-refractivity contribution in [2.24, 2.45) is 5.14 Å². The van der Waals surface area contributed by atoms with Gasteiger partial charge in [-0.25, -0.2) is 27.3 Å². The van der Waals surface area contributed by atoms with Gasteiger partial charge in [-0.05, 0) is 0 Å². The number of sulfonamides is 1. The molecular formula is C8H7F2N3O3S. The van der Waals surface area contributed by atoms with Crippen LogP contribution in [0, 0.1) is 11.3 Å². The van der Waals surface area contributed by atoms with Crippen LogP contribution in [0.4, 0.5) is 8.78 Å². The number of nitrogens with zero attached hydrogens (tertiary/aromatic N) is 2. The lowest BCUT2D eigenvalue weighted by molar-refractivity contribution is 0.146. The van der Waals surface area contributed by atoms with Crippen molar-refractivity contribution in [2.45, 2.75) is 11.3 Å². The van der Waals surface area contributed by atoms with E-state index in [4.69, 9.17) is 10.4 Å². The lowest BCUT2D eigenvalue weighted by Crippen LogP contribution is -2.17. The van der Waals surface area contributed by atoms with Crippen LogP contribution < -0.4 is 9.88 Å². The first-order valence-corrected chi connectivity index (χ1v) is 5.65. The van der Waals surface area contributed by atoms with Crippen molar-refractivity contribution in [1.82, 2.24) is 4.98 Å². The minimum atomic E-state index is -4.39. The summed E-state index contributed by atoms with van der Waals surface area (Å²) in [7, 11) is -3.39. The predicted octanol–water partition coefficient (Wildman–Crippen LogP) is 0.547. The third-order valence-electron chi connectivity index (χ3n) is 1.85. The molecule has 0 radical (unpaired) electrons. The van der Waals surface area contributed by atoms with Gasteiger partial charge in [0.1, 0.15) is 6.07 Å². The fourth-order valence-corrected chi connectivity index (χ4v) is 2.03. The monoisotopic (exact) mass is 263 g/mol. The molecule has 1 heterocycles. The zero-order valence-electron chi connectivity index (χ0n) is 8.52. The summed E-state index contributed by atoms with van der Waals surface area (Å²) in [6, 6.07) is 1.45. The van der Waals surface area contributed by atoms with Crippen LogP contribution in [0.1, 0.15) is 17.7 Å². The number of methoxy groups -OCH3 is 1. The predicted molar refractivity (Wildman–Crippen MR) is 51.8 cm³/mol. The first-order valence-electron chi connectivity index (χ1n) is 4.10. The normalized spacial score (nSPS) is 11.3. The van der Waals surface area contributed by atoms with Gasteiger partial charge in [0.15, 0.2) is 16.3 Å². The number of primary sulfonamides is 1. The summed E-state index contributed by atoms with van der Waals surface area (Å²) in [6.07, 6.45) is -2.32. The summed E-state index contributed by atoms with van der Waals surface area (Å²) in [5, 5.41) is 13.5. The maximum Gasteiger partial charge on any atom is 0.268 e. The van der Waals surface area contributed by atoms with E-state index in [0.29, 0.717) is 6.20 Å². The highest BCUT2D eigenvalue weighted by molar-refractivity contribution is 7.89. The highest BCUT2D eigenvalue weighted by atomic mass is 32.2. The Morgan fingerprint density at radius 3 is 2.53 bits per heavy atom. The summed E-state index contributed by atoms with van der Waals surface area (Å²) < 4.78 is 52.2. The number of hydrogen-bond acceptors (Lipinski definition) is 5. The number of ether oxygens (including phenoxy) is 1. The summed E-state index contributed by atoms with van der Waals surface area (Å²) in [6.45, 7) is 0. The molecule has 17 heavy (non-hydrogen) atoms. The Kier molecular flexibility index (Phi) is 3.59. The number of alkyl halides is 2. The molecule has 0 saturated carbocycles. The Hall–Kier alpha value is -1.79. The van der Waals surface area contributed by atoms with Crippen molar-refractivity contribution in [3.05, 3.63) is 17.5 Å². The molecule has 0 atom stereocenters. The van der Waals surface area contributed by atoms with Crippen LogP contribution in [-0.4, -0.2) is 20.5 Å². The Labute approximate surface area is 95.7 Å². The quantitative estimate of drug-likeness (QED) is 0.856. The van der Waals surface area contributed by atoms with Crippen LogP contribution in [0.5, 0.6) is 5.75 Å². The molecule has 0 amide bonds. The number of pyridine rings is 1. The van der Waals surface area contributed by atoms with Crippen LogP contribution in [0.15, 0.2) is 11.1 Å². The minimum absolute atomic E-state index is 0.589. The smallest absolute Gasteiger partial charge is 0.268 e. The standard InChI is InChI=1S/C8H7F2N3O3S/c1-16-6-4(8(9)10)3-13-5(2-11)7(6)17(12,14)15/h3,8H,1H3,(H2,12,14,15). The van der Waals surface area contributed by atoms with Crippen molar-refractivity contribution in [3.63, 3.8) is 0 Å². The third kappa shape index (κ3) is 2.48. The van der Waals surface area contributed by atoms with E-state index in [-0.39, 0.29) is 0 Å². The van der Waals surface area contributed by atoms with Crippen molar-refractivity contribution in [3.8, 4) is 11.8 Å². The van der Waals surface area contributed by atoms with Gasteiger partial charge in [0, 0.05) is 6.20 Å². The maximum absolute atomic E-state index is 12.6. The summed E-state index contributed by atoms with van der Waals surface area (Å²) in [5.74, 6) is -0.658. The van der Waals surface area contributed by atoms with Gasteiger partial charge in [0.05, 0.1) is 12.7 Å². The van der Waals surface area contributed by atoms with Gasteiger partial charge in [-0.15, -0.1) is 0 Å². The van der Waals surface area contributed by atoms with E-state index in [1.807, 2.05) is 0 Å². The van der Waals surface area contributed by atoms with E-state index in [0.717, 1.165) is 7.11 Å². The van der Waals surface area contributed by atoms with E-state index < -0.39 is 38.4 Å². The Bertz CT molecular complexity index is 580. The summed E-state index contributed by atoms with van der Waals surface area (Å²) in [4.78, 5) is 2.48. The minimum Gasteiger partial charge on any atom is -0.495 e. The number of halogens is 2. The maximum atomic E-state index is 12.6. The second-order valence-corrected chi connectivity index (χ2v) is 4.38. The molecule has 0 aliphatic heterocycles. The van der Waals surface area contributed by atoms with Crippen molar-refractivity contribution >= 4 is 10.0 Å². The molecule has 0 aromatic carbocycles. The summed E-state index contributed by atoms with van der Waals surface area (Å²) in [5.41, 5.74) is -1.33. The van der Waals surface area contributed by atoms with E-state index in [1.54, 1.807) is 0 Å². The Morgan fingerprint density at radius 1 is 1.59 bits per heavy atom. The molecular weight excluding hydrogens is 256 g/mol. The zero-order chi connectivity index (χ0) is 13.2. The van der Waals surface area contributed by atoms with Crippen molar-refractivity contribution < 1.29 is 21.9 Å². The average Bonchev–Trinajstić information content (AvgIpc) is 2.25. The van der Waals surface area contributed by atoms with Gasteiger partial charge in [0.25, 0.3) is 6.43 Å². The molecule has 1 aromatic heterocycles. The van der Waals surface area contributed by atoms with E-state index in [9.17, 15) is 17.2 Å². The number of rotatable bonds is 3. The second-order valence-electron chi connectivity index (χ2n) is 2.88. The Morgan fingerprint density at radius 2 is 2.18 bits per heavy atom. The molecule has 6 nitrogen and oxygen atoms in total. The van der Waals surface area contributed by atoms with Crippen LogP contribution >= 0.6 is 0 Å². The molecule has 2 N–H and O–H groups in total.